The van der Waals surface area contributed by atoms with E-state index >= 15 is 0 Å². The van der Waals surface area contributed by atoms with E-state index in [0.29, 0.717) is 30.1 Å². The number of hydrogen-bond acceptors (Lipinski definition) is 2. The fraction of sp³-hybridized carbons (Fsp3) is 0.846. The monoisotopic (exact) mass is 223 g/mol. The first kappa shape index (κ1) is 11.6. The highest BCUT2D eigenvalue weighted by Crippen LogP contribution is 2.52. The molecule has 16 heavy (non-hydrogen) atoms. The Bertz CT molecular complexity index is 339. The van der Waals surface area contributed by atoms with Gasteiger partial charge in [0.2, 0.25) is 11.8 Å². The van der Waals surface area contributed by atoms with Crippen LogP contribution in [0.4, 0.5) is 0 Å². The van der Waals surface area contributed by atoms with Gasteiger partial charge >= 0.3 is 0 Å². The molecule has 5 unspecified atom stereocenters. The summed E-state index contributed by atoms with van der Waals surface area (Å²) in [6.45, 7) is 8.80. The Labute approximate surface area is 97.0 Å². The zero-order valence-corrected chi connectivity index (χ0v) is 10.5. The fourth-order valence-electron chi connectivity index (χ4n) is 3.62. The number of nitrogens with one attached hydrogen (secondary N) is 1. The van der Waals surface area contributed by atoms with Gasteiger partial charge in [0.1, 0.15) is 0 Å². The highest BCUT2D eigenvalue weighted by Gasteiger charge is 2.56. The summed E-state index contributed by atoms with van der Waals surface area (Å²) in [5.41, 5.74) is -0.414. The van der Waals surface area contributed by atoms with E-state index in [0.717, 1.165) is 6.42 Å². The number of imide groups is 1. The van der Waals surface area contributed by atoms with Gasteiger partial charge in [0.25, 0.3) is 0 Å². The van der Waals surface area contributed by atoms with Gasteiger partial charge in [-0.2, -0.15) is 0 Å². The van der Waals surface area contributed by atoms with E-state index in [4.69, 9.17) is 0 Å². The summed E-state index contributed by atoms with van der Waals surface area (Å²) in [7, 11) is 0. The molecule has 1 saturated heterocycles. The van der Waals surface area contributed by atoms with Gasteiger partial charge in [-0.05, 0) is 30.1 Å². The number of carbonyl (C=O) groups excluding carboxylic acids is 2. The summed E-state index contributed by atoms with van der Waals surface area (Å²) in [5, 5.41) is 2.49. The highest BCUT2D eigenvalue weighted by molar-refractivity contribution is 6.06. The van der Waals surface area contributed by atoms with Crippen molar-refractivity contribution >= 4 is 11.8 Å². The van der Waals surface area contributed by atoms with E-state index in [1.807, 2.05) is 0 Å². The normalized spacial score (nSPS) is 48.5. The molecule has 1 N–H and O–H groups in total. The van der Waals surface area contributed by atoms with Crippen LogP contribution in [0, 0.1) is 29.1 Å². The molecule has 1 aliphatic carbocycles. The molecule has 2 fully saturated rings. The van der Waals surface area contributed by atoms with Crippen LogP contribution >= 0.6 is 0 Å². The molecule has 3 nitrogen and oxygen atoms in total. The zero-order chi connectivity index (χ0) is 12.1. The average Bonchev–Trinajstić information content (AvgIpc) is 2.49. The zero-order valence-electron chi connectivity index (χ0n) is 10.5. The topological polar surface area (TPSA) is 46.2 Å². The minimum absolute atomic E-state index is 0.0319. The predicted octanol–water partition coefficient (Wildman–Crippen LogP) is 1.97. The molecule has 0 bridgehead atoms. The molecular weight excluding hydrogens is 202 g/mol. The van der Waals surface area contributed by atoms with Crippen LogP contribution in [0.15, 0.2) is 0 Å². The Morgan fingerprint density at radius 3 is 2.25 bits per heavy atom. The van der Waals surface area contributed by atoms with Gasteiger partial charge < -0.3 is 0 Å². The van der Waals surface area contributed by atoms with Crippen molar-refractivity contribution in [3.63, 3.8) is 0 Å². The molecule has 0 aromatic carbocycles. The molecule has 0 aromatic rings. The molecule has 1 heterocycles. The van der Waals surface area contributed by atoms with Gasteiger partial charge in [-0.3, -0.25) is 14.9 Å². The maximum atomic E-state index is 12.0. The van der Waals surface area contributed by atoms with E-state index in [1.165, 1.54) is 0 Å². The first-order valence-corrected chi connectivity index (χ1v) is 6.23. The molecule has 2 amide bonds. The minimum atomic E-state index is -0.414. The van der Waals surface area contributed by atoms with Crippen molar-refractivity contribution in [1.82, 2.24) is 5.32 Å². The lowest BCUT2D eigenvalue weighted by Gasteiger charge is -2.47. The van der Waals surface area contributed by atoms with Crippen molar-refractivity contribution < 1.29 is 9.59 Å². The standard InChI is InChI=1S/C13H21NO2/c1-7-5-13(6-11(15)14-12(13)16)10(4)9(3)8(7)2/h7-10H,5-6H2,1-4H3,(H,14,15,16). The molecule has 1 spiro atoms. The van der Waals surface area contributed by atoms with Crippen molar-refractivity contribution in [1.29, 1.82) is 0 Å². The van der Waals surface area contributed by atoms with E-state index < -0.39 is 5.41 Å². The lowest BCUT2D eigenvalue weighted by Crippen LogP contribution is -2.47. The lowest BCUT2D eigenvalue weighted by atomic mass is 9.55. The van der Waals surface area contributed by atoms with Gasteiger partial charge in [-0.15, -0.1) is 0 Å². The summed E-state index contributed by atoms with van der Waals surface area (Å²) in [5.74, 6) is 1.82. The quantitative estimate of drug-likeness (QED) is 0.638. The second kappa shape index (κ2) is 3.57. The molecule has 0 radical (unpaired) electrons. The van der Waals surface area contributed by atoms with Crippen LogP contribution in [0.1, 0.15) is 40.5 Å². The molecular formula is C13H21NO2. The van der Waals surface area contributed by atoms with E-state index in [2.05, 4.69) is 33.0 Å². The van der Waals surface area contributed by atoms with Gasteiger partial charge in [-0.25, -0.2) is 0 Å². The van der Waals surface area contributed by atoms with Crippen molar-refractivity contribution in [2.75, 3.05) is 0 Å². The molecule has 90 valence electrons. The number of rotatable bonds is 0. The van der Waals surface area contributed by atoms with Gasteiger partial charge in [0.15, 0.2) is 0 Å². The lowest BCUT2D eigenvalue weighted by molar-refractivity contribution is -0.137. The van der Waals surface area contributed by atoms with E-state index in [9.17, 15) is 9.59 Å². The van der Waals surface area contributed by atoms with Gasteiger partial charge in [0.05, 0.1) is 5.41 Å². The van der Waals surface area contributed by atoms with Crippen molar-refractivity contribution in [3.8, 4) is 0 Å². The van der Waals surface area contributed by atoms with Crippen LogP contribution in [0.5, 0.6) is 0 Å². The van der Waals surface area contributed by atoms with Gasteiger partial charge in [-0.1, -0.05) is 27.7 Å². The Kier molecular flexibility index (Phi) is 2.59. The number of carbonyl (C=O) groups is 2. The van der Waals surface area contributed by atoms with Crippen molar-refractivity contribution in [3.05, 3.63) is 0 Å². The summed E-state index contributed by atoms with van der Waals surface area (Å²) >= 11 is 0. The Hall–Kier alpha value is -0.860. The number of amides is 2. The smallest absolute Gasteiger partial charge is 0.233 e. The summed E-state index contributed by atoms with van der Waals surface area (Å²) in [6, 6.07) is 0. The fourth-order valence-corrected chi connectivity index (χ4v) is 3.62. The molecule has 3 heteroatoms. The van der Waals surface area contributed by atoms with Crippen LogP contribution in [0.2, 0.25) is 0 Å². The summed E-state index contributed by atoms with van der Waals surface area (Å²) in [4.78, 5) is 23.5. The van der Waals surface area contributed by atoms with Crippen LogP contribution in [0.3, 0.4) is 0 Å². The third-order valence-electron chi connectivity index (χ3n) is 5.25. The molecule has 1 aliphatic heterocycles. The largest absolute Gasteiger partial charge is 0.296 e. The first-order chi connectivity index (χ1) is 7.38. The molecule has 2 rings (SSSR count). The molecule has 1 saturated carbocycles. The van der Waals surface area contributed by atoms with Crippen LogP contribution < -0.4 is 5.32 Å². The van der Waals surface area contributed by atoms with Crippen molar-refractivity contribution in [2.24, 2.45) is 29.1 Å². The molecule has 0 aromatic heterocycles. The van der Waals surface area contributed by atoms with Crippen LogP contribution in [0.25, 0.3) is 0 Å². The van der Waals surface area contributed by atoms with Crippen LogP contribution in [-0.4, -0.2) is 11.8 Å². The Balaban J connectivity index is 2.34. The minimum Gasteiger partial charge on any atom is -0.296 e. The van der Waals surface area contributed by atoms with Crippen LogP contribution in [-0.2, 0) is 9.59 Å². The summed E-state index contributed by atoms with van der Waals surface area (Å²) in [6.07, 6.45) is 1.26. The van der Waals surface area contributed by atoms with Gasteiger partial charge in [0, 0.05) is 6.42 Å². The Morgan fingerprint density at radius 1 is 1.12 bits per heavy atom. The Morgan fingerprint density at radius 2 is 1.75 bits per heavy atom. The second-order valence-electron chi connectivity index (χ2n) is 5.90. The highest BCUT2D eigenvalue weighted by atomic mass is 16.2. The third kappa shape index (κ3) is 1.40. The molecule has 2 aliphatic rings. The van der Waals surface area contributed by atoms with Crippen molar-refractivity contribution in [2.45, 2.75) is 40.5 Å². The van der Waals surface area contributed by atoms with E-state index in [1.54, 1.807) is 0 Å². The van der Waals surface area contributed by atoms with E-state index in [-0.39, 0.29) is 11.8 Å². The predicted molar refractivity (Wildman–Crippen MR) is 61.5 cm³/mol. The second-order valence-corrected chi connectivity index (χ2v) is 5.90. The maximum absolute atomic E-state index is 12.0. The molecule has 5 atom stereocenters. The third-order valence-corrected chi connectivity index (χ3v) is 5.25. The average molecular weight is 223 g/mol. The SMILES string of the molecule is CC1CC2(CC(=O)NC2=O)C(C)C(C)C1C. The summed E-state index contributed by atoms with van der Waals surface area (Å²) < 4.78 is 0. The first-order valence-electron chi connectivity index (χ1n) is 6.23. The number of hydrogen-bond donors (Lipinski definition) is 1. The maximum Gasteiger partial charge on any atom is 0.233 e.